The molecule has 1 unspecified atom stereocenters. The van der Waals surface area contributed by atoms with Gasteiger partial charge in [0.15, 0.2) is 6.61 Å². The highest BCUT2D eigenvalue weighted by Crippen LogP contribution is 2.46. The van der Waals surface area contributed by atoms with Crippen molar-refractivity contribution in [2.45, 2.75) is 46.7 Å². The first-order valence-electron chi connectivity index (χ1n) is 17.3. The first-order valence-corrected chi connectivity index (χ1v) is 19.2. The zero-order valence-electron chi connectivity index (χ0n) is 31.3. The van der Waals surface area contributed by atoms with Crippen molar-refractivity contribution >= 4 is 59.7 Å². The average Bonchev–Trinajstić information content (AvgIpc) is 3.55. The number of aliphatic imine (C=N–C) groups is 2. The molecule has 54 heavy (non-hydrogen) atoms. The Bertz CT molecular complexity index is 1760. The normalized spacial score (nSPS) is 20.6. The van der Waals surface area contributed by atoms with Crippen LogP contribution in [-0.2, 0) is 28.9 Å². The molecule has 0 spiro atoms. The zero-order valence-corrected chi connectivity index (χ0v) is 32.9. The van der Waals surface area contributed by atoms with Gasteiger partial charge in [0, 0.05) is 73.2 Å². The zero-order chi connectivity index (χ0) is 39.6. The molecule has 4 heterocycles. The summed E-state index contributed by atoms with van der Waals surface area (Å²) in [5.74, 6) is -0.347. The van der Waals surface area contributed by atoms with Gasteiger partial charge < -0.3 is 28.8 Å². The molecule has 4 aliphatic heterocycles. The smallest absolute Gasteiger partial charge is 0.332 e. The van der Waals surface area contributed by atoms with E-state index in [1.165, 1.54) is 14.1 Å². The Morgan fingerprint density at radius 2 is 1.56 bits per heavy atom. The molecule has 0 bridgehead atoms. The molecular weight excluding hydrogens is 737 g/mol. The SMILES string of the molecule is CN(OCC=O)C(=O)C1=CN(CCCSO)C2=N/C(=C/C=C/C=C/C3=NC4C(=CC(C(=O)N(C)OCC(=O)O)=CN4CCCSO)C3(C)C)C(C)(C)C2=C1. The topological polar surface area (TPSA) is 185 Å². The van der Waals surface area contributed by atoms with Gasteiger partial charge in [0.2, 0.25) is 0 Å². The number of nitrogens with zero attached hydrogens (tertiary/aromatic N) is 6. The minimum atomic E-state index is -1.19. The van der Waals surface area contributed by atoms with Gasteiger partial charge in [-0.3, -0.25) is 24.3 Å². The molecule has 17 heteroatoms. The molecule has 4 aliphatic rings. The summed E-state index contributed by atoms with van der Waals surface area (Å²) < 4.78 is 18.6. The fraction of sp³-hybridized carbons (Fsp3) is 0.459. The summed E-state index contributed by atoms with van der Waals surface area (Å²) in [6, 6.07) is 0. The van der Waals surface area contributed by atoms with E-state index >= 15 is 0 Å². The van der Waals surface area contributed by atoms with E-state index in [9.17, 15) is 28.3 Å². The molecule has 0 aromatic carbocycles. The number of carbonyl (C=O) groups excluding carboxylic acids is 3. The van der Waals surface area contributed by atoms with E-state index in [1.54, 1.807) is 24.6 Å². The second-order valence-corrected chi connectivity index (χ2v) is 15.1. The maximum absolute atomic E-state index is 13.2. The van der Waals surface area contributed by atoms with Crippen molar-refractivity contribution in [3.63, 3.8) is 0 Å². The molecule has 292 valence electrons. The standard InChI is InChI=1S/C37H48N6O9S2/c1-36(2)27-20-25(34(47)40(5)51-17-16-44)22-42(14-10-18-53-49)32(27)38-29(36)12-8-7-9-13-30-37(3,4)28-21-26(35(48)41(6)52-24-31(45)46)23-43(33(28)39-30)15-11-19-54-50/h7-9,12-13,16,20-23,33,49-50H,10-11,14-15,17-19,24H2,1-6H3,(H,45,46)/b8-7+,13-9+,29-12+. The first-order chi connectivity index (χ1) is 25.7. The number of allylic oxidation sites excluding steroid dienone is 6. The summed E-state index contributed by atoms with van der Waals surface area (Å²) in [6.07, 6.45) is 18.0. The van der Waals surface area contributed by atoms with Crippen LogP contribution in [0.2, 0.25) is 0 Å². The maximum Gasteiger partial charge on any atom is 0.332 e. The number of amides is 2. The third-order valence-electron chi connectivity index (χ3n) is 9.28. The van der Waals surface area contributed by atoms with Gasteiger partial charge in [0.25, 0.3) is 11.8 Å². The summed E-state index contributed by atoms with van der Waals surface area (Å²) in [5, 5.41) is 10.9. The predicted octanol–water partition coefficient (Wildman–Crippen LogP) is 4.74. The van der Waals surface area contributed by atoms with E-state index in [-0.39, 0.29) is 12.8 Å². The number of aldehydes is 1. The van der Waals surface area contributed by atoms with Gasteiger partial charge in [-0.15, -0.1) is 0 Å². The molecule has 0 aromatic heterocycles. The van der Waals surface area contributed by atoms with Crippen molar-refractivity contribution < 1.29 is 43.1 Å². The third-order valence-corrected chi connectivity index (χ3v) is 10.2. The van der Waals surface area contributed by atoms with Gasteiger partial charge in [0.1, 0.15) is 24.9 Å². The molecule has 4 rings (SSSR count). The van der Waals surface area contributed by atoms with Crippen LogP contribution in [0.3, 0.4) is 0 Å². The Balaban J connectivity index is 1.55. The number of fused-ring (bicyclic) bond motifs is 2. The van der Waals surface area contributed by atoms with Crippen LogP contribution in [0.25, 0.3) is 0 Å². The van der Waals surface area contributed by atoms with Crippen LogP contribution in [0.4, 0.5) is 0 Å². The highest BCUT2D eigenvalue weighted by molar-refractivity contribution is 7.93. The number of hydrogen-bond donors (Lipinski definition) is 3. The van der Waals surface area contributed by atoms with Crippen LogP contribution in [0.1, 0.15) is 40.5 Å². The lowest BCUT2D eigenvalue weighted by molar-refractivity contribution is -0.182. The number of hydrogen-bond acceptors (Lipinski definition) is 14. The van der Waals surface area contributed by atoms with Crippen LogP contribution in [-0.4, -0.2) is 128 Å². The van der Waals surface area contributed by atoms with Crippen LogP contribution in [0.15, 0.2) is 92.9 Å². The number of likely N-dealkylation sites (N-methyl/N-ethyl adjacent to an activating group) is 2. The summed E-state index contributed by atoms with van der Waals surface area (Å²) in [4.78, 5) is 72.4. The van der Waals surface area contributed by atoms with E-state index in [1.807, 2.05) is 67.9 Å². The van der Waals surface area contributed by atoms with Gasteiger partial charge in [-0.1, -0.05) is 45.9 Å². The quantitative estimate of drug-likeness (QED) is 0.0537. The highest BCUT2D eigenvalue weighted by atomic mass is 32.2. The summed E-state index contributed by atoms with van der Waals surface area (Å²) in [5.41, 5.74) is 2.95. The molecule has 0 radical (unpaired) electrons. The monoisotopic (exact) mass is 784 g/mol. The van der Waals surface area contributed by atoms with Crippen molar-refractivity contribution in [1.82, 2.24) is 19.9 Å². The molecule has 0 aliphatic carbocycles. The first kappa shape index (κ1) is 42.5. The second-order valence-electron chi connectivity index (χ2n) is 13.7. The number of carbonyl (C=O) groups is 4. The Kier molecular flexibility index (Phi) is 14.8. The third kappa shape index (κ3) is 9.88. The van der Waals surface area contributed by atoms with E-state index < -0.39 is 35.2 Å². The number of amidine groups is 1. The van der Waals surface area contributed by atoms with Gasteiger partial charge in [-0.05, 0) is 66.8 Å². The van der Waals surface area contributed by atoms with E-state index in [0.717, 1.165) is 62.6 Å². The fourth-order valence-electron chi connectivity index (χ4n) is 6.24. The van der Waals surface area contributed by atoms with Crippen molar-refractivity contribution in [3.8, 4) is 0 Å². The minimum Gasteiger partial charge on any atom is -0.479 e. The van der Waals surface area contributed by atoms with Crippen LogP contribution < -0.4 is 0 Å². The largest absolute Gasteiger partial charge is 0.479 e. The summed E-state index contributed by atoms with van der Waals surface area (Å²) in [6.45, 7) is 8.29. The molecule has 0 aromatic rings. The minimum absolute atomic E-state index is 0.244. The average molecular weight is 785 g/mol. The molecule has 0 fully saturated rings. The lowest BCUT2D eigenvalue weighted by Gasteiger charge is -2.34. The summed E-state index contributed by atoms with van der Waals surface area (Å²) in [7, 11) is 2.83. The Morgan fingerprint density at radius 3 is 2.20 bits per heavy atom. The van der Waals surface area contributed by atoms with Crippen LogP contribution >= 0.6 is 24.1 Å². The molecule has 0 saturated heterocycles. The maximum atomic E-state index is 13.2. The molecule has 0 saturated carbocycles. The lowest BCUT2D eigenvalue weighted by Crippen LogP contribution is -2.39. The Hall–Kier alpha value is -4.26. The fourth-order valence-corrected chi connectivity index (χ4v) is 6.76. The summed E-state index contributed by atoms with van der Waals surface area (Å²) >= 11 is 1.51. The molecule has 15 nitrogen and oxygen atoms in total. The van der Waals surface area contributed by atoms with Crippen molar-refractivity contribution in [2.75, 3.05) is 51.9 Å². The number of carboxylic acid groups (broad SMARTS) is 1. The number of hydroxylamine groups is 4. The van der Waals surface area contributed by atoms with Gasteiger partial charge >= 0.3 is 5.97 Å². The van der Waals surface area contributed by atoms with Crippen LogP contribution in [0, 0.1) is 10.8 Å². The van der Waals surface area contributed by atoms with Crippen LogP contribution in [0.5, 0.6) is 0 Å². The van der Waals surface area contributed by atoms with E-state index in [0.29, 0.717) is 54.9 Å². The lowest BCUT2D eigenvalue weighted by atomic mass is 9.78. The van der Waals surface area contributed by atoms with Gasteiger partial charge in [-0.2, -0.15) is 0 Å². The molecule has 3 N–H and O–H groups in total. The van der Waals surface area contributed by atoms with Crippen molar-refractivity contribution in [2.24, 2.45) is 20.8 Å². The second kappa shape index (κ2) is 18.9. The van der Waals surface area contributed by atoms with Gasteiger partial charge in [0.05, 0.1) is 16.8 Å². The molecule has 1 atom stereocenters. The van der Waals surface area contributed by atoms with E-state index in [4.69, 9.17) is 24.8 Å². The number of aliphatic carboxylic acids is 1. The van der Waals surface area contributed by atoms with Crippen molar-refractivity contribution in [3.05, 3.63) is 82.9 Å². The molecular formula is C37H48N6O9S2. The molecule has 2 amide bonds. The van der Waals surface area contributed by atoms with Gasteiger partial charge in [-0.25, -0.2) is 19.9 Å². The highest BCUT2D eigenvalue weighted by Gasteiger charge is 2.44. The van der Waals surface area contributed by atoms with Crippen molar-refractivity contribution in [1.29, 1.82) is 0 Å². The Morgan fingerprint density at radius 1 is 0.907 bits per heavy atom. The predicted molar refractivity (Wildman–Crippen MR) is 209 cm³/mol. The number of carboxylic acids is 1. The number of rotatable bonds is 19. The van der Waals surface area contributed by atoms with E-state index in [2.05, 4.69) is 0 Å². The Labute approximate surface area is 324 Å².